The minimum atomic E-state index is -1.22. The number of nitrogens with one attached hydrogen (secondary N) is 1. The number of amides is 1. The average molecular weight is 361 g/mol. The molecule has 0 radical (unpaired) electrons. The van der Waals surface area contributed by atoms with E-state index >= 15 is 0 Å². The fraction of sp³-hybridized carbons (Fsp3) is 0.190. The summed E-state index contributed by atoms with van der Waals surface area (Å²) in [5.74, 6) is -0.788. The molecular formula is C21H19N3O3. The van der Waals surface area contributed by atoms with E-state index < -0.39 is 11.6 Å². The van der Waals surface area contributed by atoms with E-state index in [1.54, 1.807) is 29.9 Å². The lowest BCUT2D eigenvalue weighted by Crippen LogP contribution is -2.51. The number of carbonyl (C=O) groups excluding carboxylic acids is 2. The minimum absolute atomic E-state index is 0.306. The Morgan fingerprint density at radius 2 is 1.93 bits per heavy atom. The summed E-state index contributed by atoms with van der Waals surface area (Å²) in [5.41, 5.74) is 1.93. The summed E-state index contributed by atoms with van der Waals surface area (Å²) in [6.45, 7) is 1.95. The maximum atomic E-state index is 12.7. The SMILES string of the molecule is CC1(C(=O)NCc2cnn(-c3ccccc3)c2)Cc2ccccc2C(=O)O1. The number of benzene rings is 2. The molecule has 1 amide bonds. The van der Waals surface area contributed by atoms with Crippen LogP contribution >= 0.6 is 0 Å². The van der Waals surface area contributed by atoms with Crippen LogP contribution in [0.3, 0.4) is 0 Å². The zero-order valence-corrected chi connectivity index (χ0v) is 14.9. The van der Waals surface area contributed by atoms with Gasteiger partial charge in [0.2, 0.25) is 0 Å². The number of rotatable bonds is 4. The van der Waals surface area contributed by atoms with Crippen LogP contribution < -0.4 is 5.32 Å². The van der Waals surface area contributed by atoms with E-state index in [0.29, 0.717) is 18.5 Å². The van der Waals surface area contributed by atoms with Crippen LogP contribution in [0.1, 0.15) is 28.4 Å². The first-order chi connectivity index (χ1) is 13.0. The molecular weight excluding hydrogens is 342 g/mol. The second-order valence-corrected chi connectivity index (χ2v) is 6.77. The number of nitrogens with zero attached hydrogens (tertiary/aromatic N) is 2. The van der Waals surface area contributed by atoms with E-state index in [9.17, 15) is 9.59 Å². The van der Waals surface area contributed by atoms with Gasteiger partial charge < -0.3 is 10.1 Å². The number of hydrogen-bond acceptors (Lipinski definition) is 4. The van der Waals surface area contributed by atoms with E-state index in [4.69, 9.17) is 4.74 Å². The Hall–Kier alpha value is -3.41. The van der Waals surface area contributed by atoms with Crippen LogP contribution in [0.5, 0.6) is 0 Å². The van der Waals surface area contributed by atoms with Crippen LogP contribution in [0.4, 0.5) is 0 Å². The Labute approximate surface area is 156 Å². The van der Waals surface area contributed by atoms with Crippen LogP contribution in [0.2, 0.25) is 0 Å². The molecule has 1 aromatic heterocycles. The highest BCUT2D eigenvalue weighted by atomic mass is 16.6. The van der Waals surface area contributed by atoms with Crippen molar-refractivity contribution in [1.29, 1.82) is 0 Å². The third kappa shape index (κ3) is 3.33. The normalized spacial score (nSPS) is 18.5. The van der Waals surface area contributed by atoms with Crippen molar-refractivity contribution in [3.63, 3.8) is 0 Å². The van der Waals surface area contributed by atoms with Crippen molar-refractivity contribution in [2.75, 3.05) is 0 Å². The highest BCUT2D eigenvalue weighted by Gasteiger charge is 2.42. The van der Waals surface area contributed by atoms with Crippen molar-refractivity contribution in [2.24, 2.45) is 0 Å². The first-order valence-electron chi connectivity index (χ1n) is 8.74. The standard InChI is InChI=1S/C21H19N3O3/c1-21(11-16-7-5-6-10-18(16)19(25)27-21)20(26)22-12-15-13-23-24(14-15)17-8-3-2-4-9-17/h2-10,13-14H,11-12H2,1H3,(H,22,26). The molecule has 0 saturated heterocycles. The summed E-state index contributed by atoms with van der Waals surface area (Å²) in [7, 11) is 0. The van der Waals surface area contributed by atoms with Gasteiger partial charge in [-0.2, -0.15) is 5.10 Å². The summed E-state index contributed by atoms with van der Waals surface area (Å²) in [6, 6.07) is 16.9. The molecule has 27 heavy (non-hydrogen) atoms. The summed E-state index contributed by atoms with van der Waals surface area (Å²) in [6.07, 6.45) is 3.92. The fourth-order valence-electron chi connectivity index (χ4n) is 3.20. The van der Waals surface area contributed by atoms with Crippen LogP contribution in [-0.2, 0) is 22.5 Å². The van der Waals surface area contributed by atoms with Gasteiger partial charge in [-0.05, 0) is 30.7 Å². The summed E-state index contributed by atoms with van der Waals surface area (Å²) in [4.78, 5) is 24.9. The molecule has 6 heteroatoms. The second kappa shape index (κ2) is 6.72. The van der Waals surface area contributed by atoms with Gasteiger partial charge in [-0.25, -0.2) is 9.48 Å². The maximum absolute atomic E-state index is 12.7. The molecule has 0 fully saturated rings. The fourth-order valence-corrected chi connectivity index (χ4v) is 3.20. The van der Waals surface area contributed by atoms with Crippen molar-refractivity contribution in [3.05, 3.63) is 83.7 Å². The number of aromatic nitrogens is 2. The summed E-state index contributed by atoms with van der Waals surface area (Å²) >= 11 is 0. The topological polar surface area (TPSA) is 73.2 Å². The van der Waals surface area contributed by atoms with Crippen LogP contribution in [0.25, 0.3) is 5.69 Å². The van der Waals surface area contributed by atoms with Crippen LogP contribution in [0, 0.1) is 0 Å². The quantitative estimate of drug-likeness (QED) is 0.725. The molecule has 1 unspecified atom stereocenters. The Balaban J connectivity index is 1.44. The molecule has 0 bridgehead atoms. The Kier molecular flexibility index (Phi) is 4.24. The average Bonchev–Trinajstić information content (AvgIpc) is 3.16. The van der Waals surface area contributed by atoms with Crippen molar-refractivity contribution in [2.45, 2.75) is 25.5 Å². The van der Waals surface area contributed by atoms with E-state index in [0.717, 1.165) is 16.8 Å². The van der Waals surface area contributed by atoms with Gasteiger partial charge in [-0.3, -0.25) is 4.79 Å². The van der Waals surface area contributed by atoms with Gasteiger partial charge in [0.15, 0.2) is 5.60 Å². The van der Waals surface area contributed by atoms with Gasteiger partial charge >= 0.3 is 5.97 Å². The predicted octanol–water partition coefficient (Wildman–Crippen LogP) is 2.66. The summed E-state index contributed by atoms with van der Waals surface area (Å²) in [5, 5.41) is 7.17. The first kappa shape index (κ1) is 17.0. The van der Waals surface area contributed by atoms with Gasteiger partial charge in [-0.1, -0.05) is 36.4 Å². The van der Waals surface area contributed by atoms with Crippen LogP contribution in [0.15, 0.2) is 67.0 Å². The third-order valence-electron chi connectivity index (χ3n) is 4.67. The van der Waals surface area contributed by atoms with Gasteiger partial charge in [0, 0.05) is 24.7 Å². The molecule has 136 valence electrons. The van der Waals surface area contributed by atoms with Gasteiger partial charge in [0.1, 0.15) is 0 Å². The molecule has 6 nitrogen and oxygen atoms in total. The number of hydrogen-bond donors (Lipinski definition) is 1. The van der Waals surface area contributed by atoms with E-state index in [2.05, 4.69) is 10.4 Å². The molecule has 1 aliphatic rings. The molecule has 4 rings (SSSR count). The monoisotopic (exact) mass is 361 g/mol. The van der Waals surface area contributed by atoms with Gasteiger partial charge in [0.25, 0.3) is 5.91 Å². The molecule has 3 aromatic rings. The van der Waals surface area contributed by atoms with Crippen molar-refractivity contribution in [3.8, 4) is 5.69 Å². The van der Waals surface area contributed by atoms with E-state index in [-0.39, 0.29) is 5.91 Å². The number of cyclic esters (lactones) is 1. The summed E-state index contributed by atoms with van der Waals surface area (Å²) < 4.78 is 7.20. The van der Waals surface area contributed by atoms with Crippen molar-refractivity contribution < 1.29 is 14.3 Å². The number of fused-ring (bicyclic) bond motifs is 1. The zero-order valence-electron chi connectivity index (χ0n) is 14.9. The molecule has 1 aliphatic heterocycles. The number of para-hydroxylation sites is 1. The Morgan fingerprint density at radius 1 is 1.19 bits per heavy atom. The molecule has 2 aromatic carbocycles. The molecule has 0 spiro atoms. The lowest BCUT2D eigenvalue weighted by Gasteiger charge is -2.33. The van der Waals surface area contributed by atoms with Gasteiger partial charge in [-0.15, -0.1) is 0 Å². The third-order valence-corrected chi connectivity index (χ3v) is 4.67. The van der Waals surface area contributed by atoms with Crippen molar-refractivity contribution in [1.82, 2.24) is 15.1 Å². The maximum Gasteiger partial charge on any atom is 0.339 e. The lowest BCUT2D eigenvalue weighted by atomic mass is 9.89. The Bertz CT molecular complexity index is 997. The lowest BCUT2D eigenvalue weighted by molar-refractivity contribution is -0.139. The minimum Gasteiger partial charge on any atom is -0.445 e. The molecule has 2 heterocycles. The van der Waals surface area contributed by atoms with E-state index in [1.807, 2.05) is 48.7 Å². The Morgan fingerprint density at radius 3 is 2.74 bits per heavy atom. The van der Waals surface area contributed by atoms with Crippen molar-refractivity contribution >= 4 is 11.9 Å². The molecule has 0 aliphatic carbocycles. The van der Waals surface area contributed by atoms with E-state index in [1.165, 1.54) is 0 Å². The largest absolute Gasteiger partial charge is 0.445 e. The highest BCUT2D eigenvalue weighted by molar-refractivity contribution is 5.97. The zero-order chi connectivity index (χ0) is 18.9. The second-order valence-electron chi connectivity index (χ2n) is 6.77. The van der Waals surface area contributed by atoms with Crippen LogP contribution in [-0.4, -0.2) is 27.3 Å². The van der Waals surface area contributed by atoms with Gasteiger partial charge in [0.05, 0.1) is 17.4 Å². The molecule has 1 atom stereocenters. The predicted molar refractivity (Wildman–Crippen MR) is 99.4 cm³/mol. The first-order valence-corrected chi connectivity index (χ1v) is 8.74. The molecule has 0 saturated carbocycles. The molecule has 1 N–H and O–H groups in total. The highest BCUT2D eigenvalue weighted by Crippen LogP contribution is 2.28. The number of esters is 1. The number of ether oxygens (including phenoxy) is 1. The number of carbonyl (C=O) groups is 2. The smallest absolute Gasteiger partial charge is 0.339 e.